The second kappa shape index (κ2) is 10.7. The Morgan fingerprint density at radius 2 is 2.00 bits per heavy atom. The van der Waals surface area contributed by atoms with Crippen LogP contribution in [0.15, 0.2) is 21.3 Å². The summed E-state index contributed by atoms with van der Waals surface area (Å²) >= 11 is 1.36. The monoisotopic (exact) mass is 443 g/mol. The van der Waals surface area contributed by atoms with Gasteiger partial charge in [-0.25, -0.2) is 8.42 Å². The summed E-state index contributed by atoms with van der Waals surface area (Å²) in [5.41, 5.74) is 0. The minimum absolute atomic E-state index is 0.385. The van der Waals surface area contributed by atoms with Gasteiger partial charge >= 0.3 is 0 Å². The predicted octanol–water partition coefficient (Wildman–Crippen LogP) is 2.21. The number of likely N-dealkylation sites (tertiary alicyclic amines) is 1. The highest BCUT2D eigenvalue weighted by Crippen LogP contribution is 2.25. The van der Waals surface area contributed by atoms with Crippen LogP contribution in [0.5, 0.6) is 0 Å². The first kappa shape index (κ1) is 24.1. The number of hydrogen-bond donors (Lipinski definition) is 2. The summed E-state index contributed by atoms with van der Waals surface area (Å²) in [4.78, 5) is 7.89. The van der Waals surface area contributed by atoms with Gasteiger partial charge in [-0.2, -0.15) is 4.31 Å². The number of aliphatic imine (C=N–C) groups is 1. The third-order valence-corrected chi connectivity index (χ3v) is 9.18. The maximum absolute atomic E-state index is 12.6. The summed E-state index contributed by atoms with van der Waals surface area (Å²) < 4.78 is 27.2. The van der Waals surface area contributed by atoms with E-state index < -0.39 is 10.0 Å². The molecule has 166 valence electrons. The molecule has 1 aliphatic rings. The van der Waals surface area contributed by atoms with E-state index in [4.69, 9.17) is 0 Å². The zero-order valence-corrected chi connectivity index (χ0v) is 20.2. The van der Waals surface area contributed by atoms with Crippen LogP contribution in [0.3, 0.4) is 0 Å². The van der Waals surface area contributed by atoms with Gasteiger partial charge in [-0.05, 0) is 38.3 Å². The van der Waals surface area contributed by atoms with E-state index in [1.165, 1.54) is 15.6 Å². The van der Waals surface area contributed by atoms with Gasteiger partial charge in [0.15, 0.2) is 5.96 Å². The molecule has 1 aliphatic heterocycles. The van der Waals surface area contributed by atoms with Gasteiger partial charge in [0, 0.05) is 56.7 Å². The Morgan fingerprint density at radius 3 is 2.55 bits per heavy atom. The molecule has 9 heteroatoms. The number of rotatable bonds is 9. The fourth-order valence-corrected chi connectivity index (χ4v) is 6.58. The topological polar surface area (TPSA) is 77.0 Å². The molecule has 0 amide bonds. The van der Waals surface area contributed by atoms with Crippen LogP contribution in [0.4, 0.5) is 0 Å². The molecule has 0 bridgehead atoms. The molecule has 1 aromatic rings. The summed E-state index contributed by atoms with van der Waals surface area (Å²) in [5, 5.41) is 6.91. The van der Waals surface area contributed by atoms with Crippen molar-refractivity contribution < 1.29 is 8.42 Å². The first-order chi connectivity index (χ1) is 13.7. The van der Waals surface area contributed by atoms with E-state index in [2.05, 4.69) is 41.3 Å². The van der Waals surface area contributed by atoms with Crippen LogP contribution >= 0.6 is 11.3 Å². The van der Waals surface area contributed by atoms with Crippen LogP contribution in [0.2, 0.25) is 0 Å². The van der Waals surface area contributed by atoms with E-state index in [0.717, 1.165) is 30.3 Å². The van der Waals surface area contributed by atoms with Crippen LogP contribution in [0.1, 0.15) is 39.5 Å². The Balaban J connectivity index is 1.87. The van der Waals surface area contributed by atoms with Gasteiger partial charge in [-0.1, -0.05) is 20.8 Å². The number of hydrogen-bond acceptors (Lipinski definition) is 5. The number of nitrogens with zero attached hydrogens (tertiary/aromatic N) is 3. The van der Waals surface area contributed by atoms with Gasteiger partial charge in [0.1, 0.15) is 4.21 Å². The number of guanidine groups is 1. The van der Waals surface area contributed by atoms with Crippen LogP contribution in [-0.4, -0.2) is 75.4 Å². The Labute approximate surface area is 180 Å². The second-order valence-corrected chi connectivity index (χ2v) is 11.2. The highest BCUT2D eigenvalue weighted by atomic mass is 32.2. The summed E-state index contributed by atoms with van der Waals surface area (Å²) in [6, 6.07) is 4.58. The Hall–Kier alpha value is -1.16. The Morgan fingerprint density at radius 1 is 1.31 bits per heavy atom. The largest absolute Gasteiger partial charge is 0.356 e. The lowest BCUT2D eigenvalue weighted by Crippen LogP contribution is -2.47. The minimum Gasteiger partial charge on any atom is -0.356 e. The number of thiophene rings is 1. The third kappa shape index (κ3) is 6.16. The molecular weight excluding hydrogens is 406 g/mol. The molecule has 2 rings (SSSR count). The molecule has 0 aromatic carbocycles. The van der Waals surface area contributed by atoms with Crippen molar-refractivity contribution in [1.82, 2.24) is 19.8 Å². The third-order valence-electron chi connectivity index (χ3n) is 5.52. The smallest absolute Gasteiger partial charge is 0.252 e. The molecule has 1 fully saturated rings. The van der Waals surface area contributed by atoms with E-state index >= 15 is 0 Å². The lowest BCUT2D eigenvalue weighted by Gasteiger charge is -2.21. The molecule has 0 radical (unpaired) electrons. The maximum Gasteiger partial charge on any atom is 0.252 e. The van der Waals surface area contributed by atoms with Gasteiger partial charge in [0.05, 0.1) is 0 Å². The van der Waals surface area contributed by atoms with E-state index in [-0.39, 0.29) is 0 Å². The van der Waals surface area contributed by atoms with Gasteiger partial charge in [0.25, 0.3) is 10.0 Å². The molecule has 1 aromatic heterocycles. The molecule has 2 atom stereocenters. The molecule has 0 saturated carbocycles. The summed E-state index contributed by atoms with van der Waals surface area (Å²) in [5.74, 6) is 1.38. The van der Waals surface area contributed by atoms with Crippen molar-refractivity contribution in [2.24, 2.45) is 10.9 Å². The summed E-state index contributed by atoms with van der Waals surface area (Å²) in [7, 11) is -1.58. The van der Waals surface area contributed by atoms with Crippen molar-refractivity contribution in [2.75, 3.05) is 39.8 Å². The Bertz CT molecular complexity index is 772. The van der Waals surface area contributed by atoms with Gasteiger partial charge in [-0.15, -0.1) is 11.3 Å². The average molecular weight is 444 g/mol. The average Bonchev–Trinajstić information content (AvgIpc) is 3.29. The molecule has 1 saturated heterocycles. The van der Waals surface area contributed by atoms with Gasteiger partial charge in [-0.3, -0.25) is 9.89 Å². The summed E-state index contributed by atoms with van der Waals surface area (Å²) in [6.07, 6.45) is 0.761. The van der Waals surface area contributed by atoms with Crippen LogP contribution in [0.25, 0.3) is 0 Å². The van der Waals surface area contributed by atoms with E-state index in [1.807, 2.05) is 19.9 Å². The molecule has 0 aliphatic carbocycles. The molecular formula is C20H37N5O2S2. The number of nitrogens with one attached hydrogen (secondary N) is 2. The highest BCUT2D eigenvalue weighted by Gasteiger charge is 2.31. The molecule has 2 unspecified atom stereocenters. The van der Waals surface area contributed by atoms with E-state index in [9.17, 15) is 8.42 Å². The minimum atomic E-state index is -3.37. The zero-order valence-electron chi connectivity index (χ0n) is 18.6. The van der Waals surface area contributed by atoms with Crippen molar-refractivity contribution in [2.45, 2.75) is 57.3 Å². The Kier molecular flexibility index (Phi) is 8.93. The highest BCUT2D eigenvalue weighted by molar-refractivity contribution is 7.91. The van der Waals surface area contributed by atoms with Crippen LogP contribution in [0, 0.1) is 5.92 Å². The molecule has 0 spiro atoms. The zero-order chi connectivity index (χ0) is 21.6. The van der Waals surface area contributed by atoms with Crippen LogP contribution in [-0.2, 0) is 16.4 Å². The summed E-state index contributed by atoms with van der Waals surface area (Å²) in [6.45, 7) is 14.3. The molecule has 7 nitrogen and oxygen atoms in total. The van der Waals surface area contributed by atoms with Gasteiger partial charge < -0.3 is 10.6 Å². The maximum atomic E-state index is 12.6. The first-order valence-corrected chi connectivity index (χ1v) is 12.8. The normalized spacial score (nSPS) is 21.3. The first-order valence-electron chi connectivity index (χ1n) is 10.5. The standard InChI is InChI=1S/C20H37N5O2S2/c1-7-25(8-2)29(26,27)19-10-9-17(28-19)11-12-22-20(21-6)23-18-14-24(15(3)4)13-16(18)5/h9-10,15-16,18H,7-8,11-14H2,1-6H3,(H2,21,22,23). The van der Waals surface area contributed by atoms with Crippen molar-refractivity contribution in [3.63, 3.8) is 0 Å². The van der Waals surface area contributed by atoms with Crippen molar-refractivity contribution in [3.8, 4) is 0 Å². The van der Waals surface area contributed by atoms with Crippen molar-refractivity contribution in [3.05, 3.63) is 17.0 Å². The quantitative estimate of drug-likeness (QED) is 0.452. The van der Waals surface area contributed by atoms with Crippen molar-refractivity contribution >= 4 is 27.3 Å². The van der Waals surface area contributed by atoms with Crippen LogP contribution < -0.4 is 10.6 Å². The fourth-order valence-electron chi connectivity index (χ4n) is 3.61. The van der Waals surface area contributed by atoms with Crippen molar-refractivity contribution in [1.29, 1.82) is 0 Å². The predicted molar refractivity (Wildman–Crippen MR) is 122 cm³/mol. The molecule has 2 heterocycles. The SMILES string of the molecule is CCN(CC)S(=O)(=O)c1ccc(CCNC(=NC)NC2CN(C(C)C)CC2C)s1. The van der Waals surface area contributed by atoms with Gasteiger partial charge in [0.2, 0.25) is 0 Å². The van der Waals surface area contributed by atoms with E-state index in [1.54, 1.807) is 13.1 Å². The van der Waals surface area contributed by atoms with E-state index in [0.29, 0.717) is 41.8 Å². The molecule has 2 N–H and O–H groups in total. The fraction of sp³-hybridized carbons (Fsp3) is 0.750. The second-order valence-electron chi connectivity index (χ2n) is 7.83. The lowest BCUT2D eigenvalue weighted by molar-refractivity contribution is 0.265. The lowest BCUT2D eigenvalue weighted by atomic mass is 10.1. The molecule has 29 heavy (non-hydrogen) atoms. The number of sulfonamides is 1.